The zero-order valence-electron chi connectivity index (χ0n) is 19.1. The SMILES string of the molecule is COc1ccc(OC)c(CNCc2c(C(=O)O)n(Cc3ccccc3C)c3ccccc23)c1. The second kappa shape index (κ2) is 9.79. The lowest BCUT2D eigenvalue weighted by molar-refractivity contribution is 0.0684. The standard InChI is InChI=1S/C27H28N2O4/c1-18-8-4-5-9-19(18)17-29-24-11-7-6-10-22(24)23(26(29)27(30)31)16-28-15-20-14-21(32-2)12-13-25(20)33-3/h4-14,28H,15-17H2,1-3H3,(H,30,31). The molecule has 170 valence electrons. The zero-order chi connectivity index (χ0) is 23.4. The second-order valence-electron chi connectivity index (χ2n) is 7.94. The number of ether oxygens (including phenoxy) is 2. The lowest BCUT2D eigenvalue weighted by Gasteiger charge is -2.13. The number of carboxylic acid groups (broad SMARTS) is 1. The summed E-state index contributed by atoms with van der Waals surface area (Å²) in [7, 11) is 3.26. The van der Waals surface area contributed by atoms with Crippen LogP contribution in [0.1, 0.15) is 32.7 Å². The Morgan fingerprint density at radius 3 is 2.42 bits per heavy atom. The third kappa shape index (κ3) is 4.56. The lowest BCUT2D eigenvalue weighted by Crippen LogP contribution is -2.17. The first kappa shape index (κ1) is 22.4. The molecule has 6 nitrogen and oxygen atoms in total. The summed E-state index contributed by atoms with van der Waals surface area (Å²) in [6.07, 6.45) is 0. The minimum absolute atomic E-state index is 0.310. The Bertz CT molecular complexity index is 1290. The summed E-state index contributed by atoms with van der Waals surface area (Å²) in [6, 6.07) is 21.6. The number of nitrogens with zero attached hydrogens (tertiary/aromatic N) is 1. The molecule has 1 heterocycles. The average Bonchev–Trinajstić information content (AvgIpc) is 3.14. The topological polar surface area (TPSA) is 72.7 Å². The number of aryl methyl sites for hydroxylation is 1. The van der Waals surface area contributed by atoms with Gasteiger partial charge in [-0.1, -0.05) is 42.5 Å². The average molecular weight is 445 g/mol. The van der Waals surface area contributed by atoms with Gasteiger partial charge in [-0.3, -0.25) is 0 Å². The molecule has 0 unspecified atom stereocenters. The molecule has 0 radical (unpaired) electrons. The highest BCUT2D eigenvalue weighted by atomic mass is 16.5. The number of rotatable bonds is 9. The number of para-hydroxylation sites is 1. The van der Waals surface area contributed by atoms with E-state index in [9.17, 15) is 9.90 Å². The van der Waals surface area contributed by atoms with E-state index in [0.29, 0.717) is 25.3 Å². The Kier molecular flexibility index (Phi) is 6.66. The number of hydrogen-bond donors (Lipinski definition) is 2. The van der Waals surface area contributed by atoms with Crippen LogP contribution >= 0.6 is 0 Å². The van der Waals surface area contributed by atoms with E-state index in [1.807, 2.05) is 78.2 Å². The van der Waals surface area contributed by atoms with Crippen molar-refractivity contribution < 1.29 is 19.4 Å². The van der Waals surface area contributed by atoms with Crippen molar-refractivity contribution in [2.45, 2.75) is 26.6 Å². The highest BCUT2D eigenvalue weighted by Gasteiger charge is 2.22. The van der Waals surface area contributed by atoms with Crippen molar-refractivity contribution in [3.05, 3.63) is 94.7 Å². The van der Waals surface area contributed by atoms with Gasteiger partial charge < -0.3 is 24.5 Å². The third-order valence-electron chi connectivity index (χ3n) is 5.97. The molecule has 0 aliphatic rings. The first-order chi connectivity index (χ1) is 16.0. The molecule has 0 aliphatic carbocycles. The van der Waals surface area contributed by atoms with E-state index in [1.165, 1.54) is 0 Å². The van der Waals surface area contributed by atoms with Gasteiger partial charge >= 0.3 is 5.97 Å². The van der Waals surface area contributed by atoms with E-state index in [0.717, 1.165) is 44.7 Å². The number of methoxy groups -OCH3 is 2. The van der Waals surface area contributed by atoms with Gasteiger partial charge in [0.15, 0.2) is 0 Å². The number of nitrogens with one attached hydrogen (secondary N) is 1. The Morgan fingerprint density at radius 1 is 0.939 bits per heavy atom. The number of carbonyl (C=O) groups is 1. The molecule has 0 saturated carbocycles. The fraction of sp³-hybridized carbons (Fsp3) is 0.222. The molecule has 0 bridgehead atoms. The quantitative estimate of drug-likeness (QED) is 0.380. The summed E-state index contributed by atoms with van der Waals surface area (Å²) in [5.41, 5.74) is 5.17. The van der Waals surface area contributed by atoms with Crippen LogP contribution in [0.4, 0.5) is 0 Å². The fourth-order valence-electron chi connectivity index (χ4n) is 4.26. The monoisotopic (exact) mass is 444 g/mol. The highest BCUT2D eigenvalue weighted by Crippen LogP contribution is 2.29. The summed E-state index contributed by atoms with van der Waals surface area (Å²) >= 11 is 0. The van der Waals surface area contributed by atoms with Crippen LogP contribution in [-0.2, 0) is 19.6 Å². The maximum atomic E-state index is 12.4. The number of hydrogen-bond acceptors (Lipinski definition) is 4. The van der Waals surface area contributed by atoms with Gasteiger partial charge in [-0.15, -0.1) is 0 Å². The van der Waals surface area contributed by atoms with E-state index >= 15 is 0 Å². The van der Waals surface area contributed by atoms with Crippen molar-refractivity contribution in [3.63, 3.8) is 0 Å². The summed E-state index contributed by atoms with van der Waals surface area (Å²) in [5, 5.41) is 14.5. The minimum atomic E-state index is -0.935. The molecule has 2 N–H and O–H groups in total. The normalized spacial score (nSPS) is 11.0. The Hall–Kier alpha value is -3.77. The van der Waals surface area contributed by atoms with Crippen molar-refractivity contribution in [1.29, 1.82) is 0 Å². The van der Waals surface area contributed by atoms with Crippen LogP contribution in [0.25, 0.3) is 10.9 Å². The van der Waals surface area contributed by atoms with Gasteiger partial charge in [0.1, 0.15) is 17.2 Å². The number of benzene rings is 3. The molecule has 3 aromatic carbocycles. The zero-order valence-corrected chi connectivity index (χ0v) is 19.1. The molecule has 0 spiro atoms. The molecular weight excluding hydrogens is 416 g/mol. The van der Waals surface area contributed by atoms with Crippen LogP contribution in [0, 0.1) is 6.92 Å². The molecule has 4 aromatic rings. The molecule has 0 amide bonds. The summed E-state index contributed by atoms with van der Waals surface area (Å²) in [6.45, 7) is 3.46. The van der Waals surface area contributed by atoms with Gasteiger partial charge in [0.2, 0.25) is 0 Å². The van der Waals surface area contributed by atoms with Crippen LogP contribution in [0.3, 0.4) is 0 Å². The predicted molar refractivity (Wildman–Crippen MR) is 129 cm³/mol. The first-order valence-corrected chi connectivity index (χ1v) is 10.8. The van der Waals surface area contributed by atoms with Gasteiger partial charge in [-0.2, -0.15) is 0 Å². The molecule has 6 heteroatoms. The molecular formula is C27H28N2O4. The van der Waals surface area contributed by atoms with Gasteiger partial charge in [0.25, 0.3) is 0 Å². The maximum absolute atomic E-state index is 12.4. The van der Waals surface area contributed by atoms with Crippen LogP contribution in [0.2, 0.25) is 0 Å². The molecule has 0 fully saturated rings. The third-order valence-corrected chi connectivity index (χ3v) is 5.97. The van der Waals surface area contributed by atoms with Crippen molar-refractivity contribution in [2.75, 3.05) is 14.2 Å². The van der Waals surface area contributed by atoms with E-state index < -0.39 is 5.97 Å². The van der Waals surface area contributed by atoms with Crippen LogP contribution in [-0.4, -0.2) is 29.9 Å². The first-order valence-electron chi connectivity index (χ1n) is 10.8. The smallest absolute Gasteiger partial charge is 0.352 e. The van der Waals surface area contributed by atoms with Crippen molar-refractivity contribution >= 4 is 16.9 Å². The molecule has 0 saturated heterocycles. The lowest BCUT2D eigenvalue weighted by atomic mass is 10.1. The Labute approximate surface area is 193 Å². The van der Waals surface area contributed by atoms with Crippen molar-refractivity contribution in [1.82, 2.24) is 9.88 Å². The van der Waals surface area contributed by atoms with E-state index in [4.69, 9.17) is 9.47 Å². The Balaban J connectivity index is 1.69. The van der Waals surface area contributed by atoms with Gasteiger partial charge in [-0.25, -0.2) is 4.79 Å². The fourth-order valence-corrected chi connectivity index (χ4v) is 4.26. The largest absolute Gasteiger partial charge is 0.497 e. The van der Waals surface area contributed by atoms with E-state index in [-0.39, 0.29) is 0 Å². The van der Waals surface area contributed by atoms with Crippen LogP contribution < -0.4 is 14.8 Å². The summed E-state index contributed by atoms with van der Waals surface area (Å²) < 4.78 is 12.7. The predicted octanol–water partition coefficient (Wildman–Crippen LogP) is 5.00. The number of aromatic carboxylic acids is 1. The highest BCUT2D eigenvalue weighted by molar-refractivity contribution is 5.98. The minimum Gasteiger partial charge on any atom is -0.497 e. The van der Waals surface area contributed by atoms with Crippen molar-refractivity contribution in [3.8, 4) is 11.5 Å². The summed E-state index contributed by atoms with van der Waals surface area (Å²) in [4.78, 5) is 12.4. The molecule has 33 heavy (non-hydrogen) atoms. The number of aromatic nitrogens is 1. The molecule has 0 atom stereocenters. The molecule has 0 aliphatic heterocycles. The van der Waals surface area contributed by atoms with Gasteiger partial charge in [-0.05, 0) is 42.3 Å². The van der Waals surface area contributed by atoms with Crippen LogP contribution in [0.5, 0.6) is 11.5 Å². The molecule has 1 aromatic heterocycles. The number of fused-ring (bicyclic) bond motifs is 1. The second-order valence-corrected chi connectivity index (χ2v) is 7.94. The number of carboxylic acids is 1. The van der Waals surface area contributed by atoms with E-state index in [2.05, 4.69) is 5.32 Å². The summed E-state index contributed by atoms with van der Waals surface area (Å²) in [5.74, 6) is 0.563. The van der Waals surface area contributed by atoms with Crippen molar-refractivity contribution in [2.24, 2.45) is 0 Å². The van der Waals surface area contributed by atoms with Gasteiger partial charge in [0, 0.05) is 41.7 Å². The Morgan fingerprint density at radius 2 is 1.70 bits per heavy atom. The molecule has 4 rings (SSSR count). The van der Waals surface area contributed by atoms with Crippen LogP contribution in [0.15, 0.2) is 66.7 Å². The van der Waals surface area contributed by atoms with E-state index in [1.54, 1.807) is 14.2 Å². The van der Waals surface area contributed by atoms with Gasteiger partial charge in [0.05, 0.1) is 14.2 Å². The maximum Gasteiger partial charge on any atom is 0.352 e.